The number of ether oxygens (including phenoxy) is 1. The van der Waals surface area contributed by atoms with Gasteiger partial charge in [-0.3, -0.25) is 4.79 Å². The van der Waals surface area contributed by atoms with Crippen molar-refractivity contribution in [1.29, 1.82) is 0 Å². The summed E-state index contributed by atoms with van der Waals surface area (Å²) in [6, 6.07) is 1.66. The van der Waals surface area contributed by atoms with Gasteiger partial charge in [0.05, 0.1) is 24.4 Å². The summed E-state index contributed by atoms with van der Waals surface area (Å²) in [4.78, 5) is 18.2. The number of hydrogen-bond acceptors (Lipinski definition) is 5. The zero-order chi connectivity index (χ0) is 12.7. The van der Waals surface area contributed by atoms with Crippen LogP contribution in [0.3, 0.4) is 0 Å². The summed E-state index contributed by atoms with van der Waals surface area (Å²) >= 11 is 0. The molecule has 3 N–H and O–H groups in total. The molecular formula is C11H13N3O4. The molecule has 1 aliphatic rings. The Bertz CT molecular complexity index is 620. The number of aliphatic hydroxyl groups is 2. The summed E-state index contributed by atoms with van der Waals surface area (Å²) in [5, 5.41) is 19.2. The minimum absolute atomic E-state index is 0.212. The van der Waals surface area contributed by atoms with Gasteiger partial charge in [0, 0.05) is 12.6 Å². The topological polar surface area (TPSA) is 100 Å². The summed E-state index contributed by atoms with van der Waals surface area (Å²) in [5.41, 5.74) is 0.297. The van der Waals surface area contributed by atoms with Crippen molar-refractivity contribution in [2.45, 2.75) is 24.9 Å². The Morgan fingerprint density at radius 1 is 1.61 bits per heavy atom. The number of aliphatic hydroxyl groups excluding tert-OH is 2. The molecule has 2 aromatic rings. The molecule has 2 aromatic heterocycles. The van der Waals surface area contributed by atoms with Gasteiger partial charge >= 0.3 is 0 Å². The number of aromatic amines is 1. The van der Waals surface area contributed by atoms with Crippen molar-refractivity contribution in [3.05, 3.63) is 28.9 Å². The summed E-state index contributed by atoms with van der Waals surface area (Å²) in [6.07, 6.45) is 1.68. The van der Waals surface area contributed by atoms with Gasteiger partial charge in [-0.1, -0.05) is 0 Å². The molecule has 0 aromatic carbocycles. The first kappa shape index (κ1) is 11.4. The number of H-pyrrole nitrogens is 1. The van der Waals surface area contributed by atoms with E-state index in [9.17, 15) is 9.90 Å². The van der Waals surface area contributed by atoms with E-state index in [0.29, 0.717) is 17.5 Å². The van der Waals surface area contributed by atoms with E-state index in [1.165, 1.54) is 6.33 Å². The highest BCUT2D eigenvalue weighted by atomic mass is 16.5. The second kappa shape index (κ2) is 4.20. The average Bonchev–Trinajstić information content (AvgIpc) is 2.93. The Morgan fingerprint density at radius 3 is 3.17 bits per heavy atom. The monoisotopic (exact) mass is 251 g/mol. The largest absolute Gasteiger partial charge is 0.394 e. The SMILES string of the molecule is O=c1[nH]cnc2c1ccn2[C@H]1C[C@@H](O)[C@@H](CO)O1. The molecule has 1 aliphatic heterocycles. The third-order valence-electron chi connectivity index (χ3n) is 3.21. The molecule has 96 valence electrons. The van der Waals surface area contributed by atoms with E-state index in [0.717, 1.165) is 0 Å². The highest BCUT2D eigenvalue weighted by Gasteiger charge is 2.34. The minimum atomic E-state index is -0.709. The minimum Gasteiger partial charge on any atom is -0.394 e. The third-order valence-corrected chi connectivity index (χ3v) is 3.21. The summed E-state index contributed by atoms with van der Waals surface area (Å²) in [6.45, 7) is -0.231. The zero-order valence-corrected chi connectivity index (χ0v) is 9.48. The molecule has 7 nitrogen and oxygen atoms in total. The fraction of sp³-hybridized carbons (Fsp3) is 0.455. The second-order valence-electron chi connectivity index (χ2n) is 4.31. The van der Waals surface area contributed by atoms with Crippen LogP contribution < -0.4 is 5.56 Å². The lowest BCUT2D eigenvalue weighted by Crippen LogP contribution is -2.24. The van der Waals surface area contributed by atoms with E-state index in [2.05, 4.69) is 9.97 Å². The van der Waals surface area contributed by atoms with Gasteiger partial charge in [-0.2, -0.15) is 0 Å². The first-order chi connectivity index (χ1) is 8.70. The van der Waals surface area contributed by atoms with Crippen LogP contribution >= 0.6 is 0 Å². The number of rotatable bonds is 2. The smallest absolute Gasteiger partial charge is 0.260 e. The second-order valence-corrected chi connectivity index (χ2v) is 4.31. The lowest BCUT2D eigenvalue weighted by Gasteiger charge is -2.14. The number of nitrogens with zero attached hydrogens (tertiary/aromatic N) is 2. The molecule has 1 saturated heterocycles. The van der Waals surface area contributed by atoms with Crippen LogP contribution in [0.4, 0.5) is 0 Å². The maximum atomic E-state index is 11.6. The van der Waals surface area contributed by atoms with Gasteiger partial charge in [0.1, 0.15) is 18.0 Å². The molecule has 0 saturated carbocycles. The van der Waals surface area contributed by atoms with Crippen molar-refractivity contribution in [3.63, 3.8) is 0 Å². The Morgan fingerprint density at radius 2 is 2.44 bits per heavy atom. The molecular weight excluding hydrogens is 238 g/mol. The standard InChI is InChI=1S/C11H13N3O4/c15-4-8-7(16)3-9(18-8)14-2-1-6-10(14)12-5-13-11(6)17/h1-2,5,7-9,15-16H,3-4H2,(H,12,13,17)/t7-,8-,9-/m1/s1. The fourth-order valence-corrected chi connectivity index (χ4v) is 2.26. The molecule has 0 spiro atoms. The molecule has 3 atom stereocenters. The van der Waals surface area contributed by atoms with Crippen LogP contribution in [-0.4, -0.2) is 43.6 Å². The Kier molecular flexibility index (Phi) is 2.66. The first-order valence-corrected chi connectivity index (χ1v) is 5.69. The molecule has 0 bridgehead atoms. The van der Waals surface area contributed by atoms with Crippen molar-refractivity contribution in [2.24, 2.45) is 0 Å². The van der Waals surface area contributed by atoms with Crippen LogP contribution in [0.1, 0.15) is 12.6 Å². The highest BCUT2D eigenvalue weighted by molar-refractivity contribution is 5.74. The van der Waals surface area contributed by atoms with E-state index in [-0.39, 0.29) is 12.2 Å². The van der Waals surface area contributed by atoms with Crippen LogP contribution in [0.2, 0.25) is 0 Å². The Balaban J connectivity index is 2.01. The third kappa shape index (κ3) is 1.64. The zero-order valence-electron chi connectivity index (χ0n) is 9.48. The molecule has 7 heteroatoms. The van der Waals surface area contributed by atoms with Crippen molar-refractivity contribution >= 4 is 11.0 Å². The summed E-state index contributed by atoms with van der Waals surface area (Å²) in [5.74, 6) is 0. The highest BCUT2D eigenvalue weighted by Crippen LogP contribution is 2.30. The van der Waals surface area contributed by atoms with Gasteiger partial charge in [-0.05, 0) is 6.07 Å². The predicted molar refractivity (Wildman–Crippen MR) is 62.0 cm³/mol. The first-order valence-electron chi connectivity index (χ1n) is 5.69. The van der Waals surface area contributed by atoms with Gasteiger partial charge in [-0.25, -0.2) is 4.98 Å². The van der Waals surface area contributed by atoms with Crippen LogP contribution in [0.5, 0.6) is 0 Å². The number of fused-ring (bicyclic) bond motifs is 1. The molecule has 1 fully saturated rings. The van der Waals surface area contributed by atoms with E-state index >= 15 is 0 Å². The number of nitrogens with one attached hydrogen (secondary N) is 1. The fourth-order valence-electron chi connectivity index (χ4n) is 2.26. The quantitative estimate of drug-likeness (QED) is 0.659. The van der Waals surface area contributed by atoms with E-state index < -0.39 is 18.4 Å². The lowest BCUT2D eigenvalue weighted by atomic mass is 10.2. The van der Waals surface area contributed by atoms with Crippen molar-refractivity contribution in [2.75, 3.05) is 6.61 Å². The Hall–Kier alpha value is -1.70. The van der Waals surface area contributed by atoms with E-state index in [4.69, 9.17) is 9.84 Å². The maximum Gasteiger partial charge on any atom is 0.260 e. The molecule has 0 aliphatic carbocycles. The molecule has 3 rings (SSSR count). The van der Waals surface area contributed by atoms with Crippen molar-refractivity contribution in [1.82, 2.24) is 14.5 Å². The number of aromatic nitrogens is 3. The van der Waals surface area contributed by atoms with Crippen molar-refractivity contribution in [3.8, 4) is 0 Å². The number of hydrogen-bond donors (Lipinski definition) is 3. The van der Waals surface area contributed by atoms with E-state index in [1.807, 2.05) is 0 Å². The summed E-state index contributed by atoms with van der Waals surface area (Å²) < 4.78 is 7.22. The summed E-state index contributed by atoms with van der Waals surface area (Å²) in [7, 11) is 0. The van der Waals surface area contributed by atoms with Gasteiger partial charge in [0.2, 0.25) is 0 Å². The molecule has 0 unspecified atom stereocenters. The van der Waals surface area contributed by atoms with Gasteiger partial charge < -0.3 is 24.5 Å². The average molecular weight is 251 g/mol. The van der Waals surface area contributed by atoms with Gasteiger partial charge in [0.15, 0.2) is 0 Å². The van der Waals surface area contributed by atoms with Crippen LogP contribution in [0, 0.1) is 0 Å². The molecule has 0 radical (unpaired) electrons. The van der Waals surface area contributed by atoms with Crippen LogP contribution in [0.15, 0.2) is 23.4 Å². The normalized spacial score (nSPS) is 28.0. The lowest BCUT2D eigenvalue weighted by molar-refractivity contribution is -0.0430. The molecule has 18 heavy (non-hydrogen) atoms. The van der Waals surface area contributed by atoms with E-state index in [1.54, 1.807) is 16.8 Å². The van der Waals surface area contributed by atoms with Gasteiger partial charge in [-0.15, -0.1) is 0 Å². The maximum absolute atomic E-state index is 11.6. The van der Waals surface area contributed by atoms with Gasteiger partial charge in [0.25, 0.3) is 5.56 Å². The van der Waals surface area contributed by atoms with Crippen LogP contribution in [0.25, 0.3) is 11.0 Å². The predicted octanol–water partition coefficient (Wildman–Crippen LogP) is -0.635. The molecule has 3 heterocycles. The van der Waals surface area contributed by atoms with Crippen molar-refractivity contribution < 1.29 is 14.9 Å². The van der Waals surface area contributed by atoms with Crippen LogP contribution in [-0.2, 0) is 4.74 Å². The Labute approximate surface area is 102 Å². The molecule has 0 amide bonds.